The second-order valence-electron chi connectivity index (χ2n) is 6.56. The van der Waals surface area contributed by atoms with Crippen LogP contribution in [0, 0.1) is 0 Å². The zero-order valence-corrected chi connectivity index (χ0v) is 14.5. The molecule has 3 N–H and O–H groups in total. The second kappa shape index (κ2) is 7.43. The zero-order valence-electron chi connectivity index (χ0n) is 14.5. The third kappa shape index (κ3) is 3.93. The van der Waals surface area contributed by atoms with Crippen LogP contribution in [-0.4, -0.2) is 39.9 Å². The van der Waals surface area contributed by atoms with Crippen molar-refractivity contribution in [2.24, 2.45) is 0 Å². The van der Waals surface area contributed by atoms with Gasteiger partial charge in [0.25, 0.3) is 17.4 Å². The van der Waals surface area contributed by atoms with Gasteiger partial charge in [0.05, 0.1) is 5.56 Å². The van der Waals surface area contributed by atoms with Crippen molar-refractivity contribution in [3.8, 4) is 5.75 Å². The number of aromatic amines is 1. The van der Waals surface area contributed by atoms with Crippen molar-refractivity contribution in [2.75, 3.05) is 7.05 Å². The SMILES string of the molecule is CN(Cc1cccc(O)c1)C(=O)c1cc(C(=O)NC2CCC2)c[nH]c1=O. The molecule has 7 heteroatoms. The van der Waals surface area contributed by atoms with E-state index in [-0.39, 0.29) is 35.4 Å². The van der Waals surface area contributed by atoms with Crippen LogP contribution >= 0.6 is 0 Å². The average Bonchev–Trinajstić information content (AvgIpc) is 2.57. The number of phenolic OH excluding ortho intramolecular Hbond substituents is 1. The van der Waals surface area contributed by atoms with Crippen molar-refractivity contribution in [3.63, 3.8) is 0 Å². The van der Waals surface area contributed by atoms with Gasteiger partial charge in [-0.1, -0.05) is 12.1 Å². The Morgan fingerprint density at radius 2 is 2.08 bits per heavy atom. The van der Waals surface area contributed by atoms with Crippen molar-refractivity contribution in [1.29, 1.82) is 0 Å². The largest absolute Gasteiger partial charge is 0.508 e. The summed E-state index contributed by atoms with van der Waals surface area (Å²) in [5.74, 6) is -0.681. The van der Waals surface area contributed by atoms with Gasteiger partial charge >= 0.3 is 0 Å². The van der Waals surface area contributed by atoms with Crippen molar-refractivity contribution in [2.45, 2.75) is 31.8 Å². The van der Waals surface area contributed by atoms with Crippen LogP contribution in [0.2, 0.25) is 0 Å². The second-order valence-corrected chi connectivity index (χ2v) is 6.56. The van der Waals surface area contributed by atoms with Crippen molar-refractivity contribution in [1.82, 2.24) is 15.2 Å². The van der Waals surface area contributed by atoms with Gasteiger partial charge in [-0.2, -0.15) is 0 Å². The van der Waals surface area contributed by atoms with Crippen molar-refractivity contribution >= 4 is 11.8 Å². The van der Waals surface area contributed by atoms with Crippen LogP contribution in [-0.2, 0) is 6.54 Å². The van der Waals surface area contributed by atoms with E-state index in [0.29, 0.717) is 0 Å². The Morgan fingerprint density at radius 1 is 1.31 bits per heavy atom. The first kappa shape index (κ1) is 17.7. The fourth-order valence-electron chi connectivity index (χ4n) is 2.80. The van der Waals surface area contributed by atoms with Gasteiger partial charge in [-0.3, -0.25) is 14.4 Å². The van der Waals surface area contributed by atoms with Crippen LogP contribution in [0.15, 0.2) is 41.3 Å². The van der Waals surface area contributed by atoms with E-state index >= 15 is 0 Å². The third-order valence-electron chi connectivity index (χ3n) is 4.51. The molecular weight excluding hydrogens is 334 g/mol. The molecule has 1 heterocycles. The highest BCUT2D eigenvalue weighted by molar-refractivity contribution is 5.99. The van der Waals surface area contributed by atoms with Crippen LogP contribution < -0.4 is 10.9 Å². The maximum atomic E-state index is 12.6. The van der Waals surface area contributed by atoms with E-state index in [1.54, 1.807) is 31.3 Å². The molecular formula is C19H21N3O4. The first-order valence-electron chi connectivity index (χ1n) is 8.51. The highest BCUT2D eigenvalue weighted by Gasteiger charge is 2.22. The molecule has 3 rings (SSSR count). The average molecular weight is 355 g/mol. The number of aromatic hydroxyl groups is 1. The number of benzene rings is 1. The number of carbonyl (C=O) groups excluding carboxylic acids is 2. The summed E-state index contributed by atoms with van der Waals surface area (Å²) in [5, 5.41) is 12.4. The van der Waals surface area contributed by atoms with Crippen LogP contribution in [0.25, 0.3) is 0 Å². The number of phenols is 1. The van der Waals surface area contributed by atoms with Gasteiger partial charge in [0.15, 0.2) is 0 Å². The minimum absolute atomic E-state index is 0.0890. The van der Waals surface area contributed by atoms with Gasteiger partial charge in [-0.25, -0.2) is 0 Å². The minimum Gasteiger partial charge on any atom is -0.508 e. The van der Waals surface area contributed by atoms with Gasteiger partial charge in [0, 0.05) is 25.8 Å². The topological polar surface area (TPSA) is 102 Å². The molecule has 1 aromatic heterocycles. The summed E-state index contributed by atoms with van der Waals surface area (Å²) in [7, 11) is 1.56. The zero-order chi connectivity index (χ0) is 18.7. The van der Waals surface area contributed by atoms with Gasteiger partial charge in [-0.05, 0) is 43.0 Å². The number of rotatable bonds is 5. The smallest absolute Gasteiger partial charge is 0.260 e. The van der Waals surface area contributed by atoms with Gasteiger partial charge in [0.1, 0.15) is 11.3 Å². The molecule has 1 aromatic carbocycles. The molecule has 1 aliphatic carbocycles. The molecule has 0 atom stereocenters. The van der Waals surface area contributed by atoms with Crippen LogP contribution in [0.3, 0.4) is 0 Å². The summed E-state index contributed by atoms with van der Waals surface area (Å²) >= 11 is 0. The normalized spacial score (nSPS) is 13.7. The molecule has 2 aromatic rings. The third-order valence-corrected chi connectivity index (χ3v) is 4.51. The molecule has 1 fully saturated rings. The molecule has 0 aliphatic heterocycles. The fourth-order valence-corrected chi connectivity index (χ4v) is 2.80. The van der Waals surface area contributed by atoms with E-state index in [1.165, 1.54) is 17.2 Å². The molecule has 136 valence electrons. The van der Waals surface area contributed by atoms with Gasteiger partial charge in [-0.15, -0.1) is 0 Å². The summed E-state index contributed by atoms with van der Waals surface area (Å²) in [5.41, 5.74) is 0.355. The van der Waals surface area contributed by atoms with E-state index in [4.69, 9.17) is 0 Å². The maximum absolute atomic E-state index is 12.6. The Morgan fingerprint density at radius 3 is 2.73 bits per heavy atom. The molecule has 0 radical (unpaired) electrons. The van der Waals surface area contributed by atoms with E-state index in [2.05, 4.69) is 10.3 Å². The Balaban J connectivity index is 1.76. The quantitative estimate of drug-likeness (QED) is 0.758. The number of H-pyrrole nitrogens is 1. The fraction of sp³-hybridized carbons (Fsp3) is 0.316. The monoisotopic (exact) mass is 355 g/mol. The Hall–Kier alpha value is -3.09. The molecule has 7 nitrogen and oxygen atoms in total. The molecule has 0 unspecified atom stereocenters. The molecule has 0 spiro atoms. The number of carbonyl (C=O) groups is 2. The van der Waals surface area contributed by atoms with E-state index in [0.717, 1.165) is 24.8 Å². The maximum Gasteiger partial charge on any atom is 0.260 e. The summed E-state index contributed by atoms with van der Waals surface area (Å²) in [6.45, 7) is 0.227. The summed E-state index contributed by atoms with van der Waals surface area (Å²) in [6, 6.07) is 8.05. The predicted octanol–water partition coefficient (Wildman–Crippen LogP) is 1.64. The number of hydrogen-bond acceptors (Lipinski definition) is 4. The lowest BCUT2D eigenvalue weighted by Gasteiger charge is -2.26. The summed E-state index contributed by atoms with van der Waals surface area (Å²) in [4.78, 5) is 40.8. The standard InChI is InChI=1S/C19H21N3O4/c1-22(11-12-4-2-7-15(23)8-12)19(26)16-9-13(10-20-18(16)25)17(24)21-14-5-3-6-14/h2,4,7-10,14,23H,3,5-6,11H2,1H3,(H,20,25)(H,21,24). The number of nitrogens with one attached hydrogen (secondary N) is 2. The van der Waals surface area contributed by atoms with E-state index in [1.807, 2.05) is 0 Å². The van der Waals surface area contributed by atoms with Crippen LogP contribution in [0.1, 0.15) is 45.5 Å². The van der Waals surface area contributed by atoms with Crippen LogP contribution in [0.4, 0.5) is 0 Å². The Kier molecular flexibility index (Phi) is 5.06. The van der Waals surface area contributed by atoms with Gasteiger partial charge < -0.3 is 20.3 Å². The molecule has 0 saturated heterocycles. The molecule has 2 amide bonds. The molecule has 26 heavy (non-hydrogen) atoms. The first-order chi connectivity index (χ1) is 12.4. The highest BCUT2D eigenvalue weighted by atomic mass is 16.3. The Labute approximate surface area is 150 Å². The lowest BCUT2D eigenvalue weighted by Crippen LogP contribution is -2.40. The number of aromatic nitrogens is 1. The summed E-state index contributed by atoms with van der Waals surface area (Å²) < 4.78 is 0. The summed E-state index contributed by atoms with van der Waals surface area (Å²) in [6.07, 6.45) is 4.32. The molecule has 1 saturated carbocycles. The predicted molar refractivity (Wildman–Crippen MR) is 96.1 cm³/mol. The molecule has 1 aliphatic rings. The van der Waals surface area contributed by atoms with Crippen molar-refractivity contribution in [3.05, 3.63) is 63.6 Å². The number of pyridine rings is 1. The van der Waals surface area contributed by atoms with E-state index in [9.17, 15) is 19.5 Å². The number of nitrogens with zero attached hydrogens (tertiary/aromatic N) is 1. The minimum atomic E-state index is -0.544. The first-order valence-corrected chi connectivity index (χ1v) is 8.51. The lowest BCUT2D eigenvalue weighted by atomic mass is 9.93. The van der Waals surface area contributed by atoms with E-state index < -0.39 is 11.5 Å². The number of amides is 2. The highest BCUT2D eigenvalue weighted by Crippen LogP contribution is 2.18. The Bertz CT molecular complexity index is 886. The van der Waals surface area contributed by atoms with Crippen molar-refractivity contribution < 1.29 is 14.7 Å². The molecule has 0 bridgehead atoms. The lowest BCUT2D eigenvalue weighted by molar-refractivity contribution is 0.0783. The van der Waals surface area contributed by atoms with Gasteiger partial charge in [0.2, 0.25) is 0 Å². The number of hydrogen-bond donors (Lipinski definition) is 3. The van der Waals surface area contributed by atoms with Crippen LogP contribution in [0.5, 0.6) is 5.75 Å².